The molecule has 0 radical (unpaired) electrons. The predicted octanol–water partition coefficient (Wildman–Crippen LogP) is 0.767. The van der Waals surface area contributed by atoms with Gasteiger partial charge in [-0.3, -0.25) is 4.79 Å². The Kier molecular flexibility index (Phi) is 3.11. The third-order valence-electron chi connectivity index (χ3n) is 1.48. The molecule has 3 nitrogen and oxygen atoms in total. The van der Waals surface area contributed by atoms with Crippen molar-refractivity contribution < 1.29 is 9.53 Å². The molecule has 1 heterocycles. The van der Waals surface area contributed by atoms with Gasteiger partial charge in [-0.25, -0.2) is 0 Å². The second kappa shape index (κ2) is 4.13. The van der Waals surface area contributed by atoms with E-state index in [0.29, 0.717) is 6.54 Å². The van der Waals surface area contributed by atoms with Gasteiger partial charge >= 0.3 is 0 Å². The van der Waals surface area contributed by atoms with Crippen LogP contribution in [0, 0.1) is 0 Å². The molecule has 0 bridgehead atoms. The molecule has 1 fully saturated rings. The van der Waals surface area contributed by atoms with Gasteiger partial charge in [-0.05, 0) is 6.42 Å². The van der Waals surface area contributed by atoms with Crippen LogP contribution in [-0.2, 0) is 9.53 Å². The van der Waals surface area contributed by atoms with Crippen molar-refractivity contribution in [3.8, 4) is 0 Å². The number of hydrogen-bond donors (Lipinski definition) is 0. The molecule has 1 unspecified atom stereocenters. The van der Waals surface area contributed by atoms with Crippen LogP contribution >= 0.6 is 0 Å². The van der Waals surface area contributed by atoms with Crippen LogP contribution < -0.4 is 0 Å². The fourth-order valence-corrected chi connectivity index (χ4v) is 0.788. The molecule has 0 N–H and O–H groups in total. The van der Waals surface area contributed by atoms with Gasteiger partial charge in [-0.1, -0.05) is 13.0 Å². The zero-order valence-electron chi connectivity index (χ0n) is 6.69. The second-order valence-corrected chi connectivity index (χ2v) is 2.55. The molecule has 0 saturated carbocycles. The van der Waals surface area contributed by atoms with Gasteiger partial charge in [-0.15, -0.1) is 0 Å². The van der Waals surface area contributed by atoms with Crippen molar-refractivity contribution >= 4 is 6.41 Å². The minimum absolute atomic E-state index is 0.279. The van der Waals surface area contributed by atoms with E-state index in [9.17, 15) is 4.79 Å². The number of ether oxygens (including phenoxy) is 1. The summed E-state index contributed by atoms with van der Waals surface area (Å²) in [5.74, 6) is 0. The van der Waals surface area contributed by atoms with Crippen molar-refractivity contribution in [1.82, 2.24) is 4.90 Å². The highest BCUT2D eigenvalue weighted by Gasteiger charge is 2.23. The van der Waals surface area contributed by atoms with Crippen LogP contribution in [0.15, 0.2) is 12.3 Å². The Bertz CT molecular complexity index is 152. The Morgan fingerprint density at radius 3 is 2.91 bits per heavy atom. The quantitative estimate of drug-likeness (QED) is 0.434. The highest BCUT2D eigenvalue weighted by Crippen LogP contribution is 2.09. The minimum atomic E-state index is 0.279. The molecule has 0 aromatic rings. The van der Waals surface area contributed by atoms with Crippen molar-refractivity contribution in [3.05, 3.63) is 12.3 Å². The first kappa shape index (κ1) is 8.27. The van der Waals surface area contributed by atoms with Crippen LogP contribution in [0.2, 0.25) is 0 Å². The molecule has 1 atom stereocenters. The van der Waals surface area contributed by atoms with E-state index in [4.69, 9.17) is 4.74 Å². The number of epoxide rings is 1. The Morgan fingerprint density at radius 2 is 2.45 bits per heavy atom. The van der Waals surface area contributed by atoms with E-state index in [1.165, 1.54) is 0 Å². The molecular formula is C8H13NO2. The van der Waals surface area contributed by atoms with E-state index < -0.39 is 0 Å². The summed E-state index contributed by atoms with van der Waals surface area (Å²) in [6, 6.07) is 0. The molecule has 1 aliphatic heterocycles. The predicted molar refractivity (Wildman–Crippen MR) is 41.9 cm³/mol. The SMILES string of the molecule is CCC=CN(C=O)CC1CO1. The average Bonchev–Trinajstić information content (AvgIpc) is 2.81. The Hall–Kier alpha value is -0.830. The lowest BCUT2D eigenvalue weighted by Crippen LogP contribution is -2.20. The van der Waals surface area contributed by atoms with Gasteiger partial charge in [0, 0.05) is 6.20 Å². The lowest BCUT2D eigenvalue weighted by Gasteiger charge is -2.08. The molecule has 1 rings (SSSR count). The number of rotatable bonds is 5. The smallest absolute Gasteiger partial charge is 0.213 e. The number of carbonyl (C=O) groups excluding carboxylic acids is 1. The summed E-state index contributed by atoms with van der Waals surface area (Å²) in [5, 5.41) is 0. The molecule has 0 aromatic heterocycles. The maximum atomic E-state index is 10.4. The summed E-state index contributed by atoms with van der Waals surface area (Å²) < 4.78 is 4.99. The fraction of sp³-hybridized carbons (Fsp3) is 0.625. The van der Waals surface area contributed by atoms with Gasteiger partial charge in [-0.2, -0.15) is 0 Å². The summed E-state index contributed by atoms with van der Waals surface area (Å²) in [6.45, 7) is 3.53. The normalized spacial score (nSPS) is 22.1. The van der Waals surface area contributed by atoms with Crippen LogP contribution in [0.5, 0.6) is 0 Å². The summed E-state index contributed by atoms with van der Waals surface area (Å²) in [4.78, 5) is 12.0. The van der Waals surface area contributed by atoms with Crippen molar-refractivity contribution in [3.63, 3.8) is 0 Å². The Morgan fingerprint density at radius 1 is 1.73 bits per heavy atom. The van der Waals surface area contributed by atoms with E-state index in [0.717, 1.165) is 19.4 Å². The van der Waals surface area contributed by atoms with Crippen LogP contribution in [0.4, 0.5) is 0 Å². The third kappa shape index (κ3) is 3.18. The first-order valence-electron chi connectivity index (χ1n) is 3.86. The maximum absolute atomic E-state index is 10.4. The zero-order chi connectivity index (χ0) is 8.10. The summed E-state index contributed by atoms with van der Waals surface area (Å²) in [5.41, 5.74) is 0. The van der Waals surface area contributed by atoms with E-state index in [-0.39, 0.29) is 6.10 Å². The van der Waals surface area contributed by atoms with Crippen molar-refractivity contribution in [2.45, 2.75) is 19.4 Å². The highest BCUT2D eigenvalue weighted by molar-refractivity contribution is 5.49. The molecule has 0 aromatic carbocycles. The van der Waals surface area contributed by atoms with Gasteiger partial charge in [0.05, 0.1) is 19.3 Å². The van der Waals surface area contributed by atoms with Gasteiger partial charge < -0.3 is 9.64 Å². The largest absolute Gasteiger partial charge is 0.371 e. The number of hydrogen-bond acceptors (Lipinski definition) is 2. The van der Waals surface area contributed by atoms with E-state index >= 15 is 0 Å². The van der Waals surface area contributed by atoms with Crippen molar-refractivity contribution in [2.75, 3.05) is 13.2 Å². The van der Waals surface area contributed by atoms with E-state index in [2.05, 4.69) is 0 Å². The zero-order valence-corrected chi connectivity index (χ0v) is 6.69. The van der Waals surface area contributed by atoms with Crippen LogP contribution in [0.25, 0.3) is 0 Å². The molecule has 1 aliphatic rings. The minimum Gasteiger partial charge on any atom is -0.371 e. The molecule has 62 valence electrons. The summed E-state index contributed by atoms with van der Waals surface area (Å²) in [7, 11) is 0. The second-order valence-electron chi connectivity index (χ2n) is 2.55. The Balaban J connectivity index is 2.22. The molecule has 0 aliphatic carbocycles. The van der Waals surface area contributed by atoms with Crippen molar-refractivity contribution in [1.29, 1.82) is 0 Å². The van der Waals surface area contributed by atoms with Gasteiger partial charge in [0.25, 0.3) is 0 Å². The van der Waals surface area contributed by atoms with Gasteiger partial charge in [0.1, 0.15) is 0 Å². The number of amides is 1. The first-order valence-corrected chi connectivity index (χ1v) is 3.86. The monoisotopic (exact) mass is 155 g/mol. The molecule has 1 saturated heterocycles. The van der Waals surface area contributed by atoms with Gasteiger partial charge in [0.2, 0.25) is 6.41 Å². The summed E-state index contributed by atoms with van der Waals surface area (Å²) in [6.07, 6.45) is 5.82. The number of allylic oxidation sites excluding steroid dienone is 1. The van der Waals surface area contributed by atoms with Crippen LogP contribution in [0.3, 0.4) is 0 Å². The Labute approximate surface area is 66.6 Å². The molecule has 0 spiro atoms. The fourth-order valence-electron chi connectivity index (χ4n) is 0.788. The topological polar surface area (TPSA) is 32.8 Å². The standard InChI is InChI=1S/C8H13NO2/c1-2-3-4-9(7-10)5-8-6-11-8/h3-4,7-8H,2,5-6H2,1H3. The molecular weight excluding hydrogens is 142 g/mol. The average molecular weight is 155 g/mol. The lowest BCUT2D eigenvalue weighted by atomic mass is 10.4. The maximum Gasteiger partial charge on any atom is 0.213 e. The highest BCUT2D eigenvalue weighted by atomic mass is 16.6. The van der Waals surface area contributed by atoms with Crippen molar-refractivity contribution in [2.24, 2.45) is 0 Å². The van der Waals surface area contributed by atoms with Crippen LogP contribution in [-0.4, -0.2) is 30.6 Å². The molecule has 11 heavy (non-hydrogen) atoms. The summed E-state index contributed by atoms with van der Waals surface area (Å²) >= 11 is 0. The van der Waals surface area contributed by atoms with E-state index in [1.54, 1.807) is 11.1 Å². The number of nitrogens with zero attached hydrogens (tertiary/aromatic N) is 1. The number of carbonyl (C=O) groups is 1. The van der Waals surface area contributed by atoms with E-state index in [1.807, 2.05) is 13.0 Å². The third-order valence-corrected chi connectivity index (χ3v) is 1.48. The molecule has 1 amide bonds. The first-order chi connectivity index (χ1) is 5.36. The molecule has 3 heteroatoms. The lowest BCUT2D eigenvalue weighted by molar-refractivity contribution is -0.116. The van der Waals surface area contributed by atoms with Crippen LogP contribution in [0.1, 0.15) is 13.3 Å². The van der Waals surface area contributed by atoms with Gasteiger partial charge in [0.15, 0.2) is 0 Å².